The molecule has 0 heterocycles. The van der Waals surface area contributed by atoms with Crippen LogP contribution in [0, 0.1) is 0 Å². The van der Waals surface area contributed by atoms with Crippen LogP contribution in [-0.2, 0) is 20.7 Å². The van der Waals surface area contributed by atoms with E-state index in [9.17, 15) is 9.59 Å². The lowest BCUT2D eigenvalue weighted by atomic mass is 10.1. The first-order valence-corrected chi connectivity index (χ1v) is 6.24. The third-order valence-corrected chi connectivity index (χ3v) is 2.68. The summed E-state index contributed by atoms with van der Waals surface area (Å²) in [5, 5.41) is 11.7. The fraction of sp³-hybridized carbons (Fsp3) is 0.429. The number of carboxylic acid groups (broad SMARTS) is 1. The van der Waals surface area contributed by atoms with Gasteiger partial charge in [0, 0.05) is 0 Å². The van der Waals surface area contributed by atoms with Crippen molar-refractivity contribution in [3.63, 3.8) is 0 Å². The van der Waals surface area contributed by atoms with E-state index in [1.807, 2.05) is 30.3 Å². The second-order valence-electron chi connectivity index (χ2n) is 4.22. The molecule has 0 bridgehead atoms. The summed E-state index contributed by atoms with van der Waals surface area (Å²) in [6.45, 7) is 3.49. The summed E-state index contributed by atoms with van der Waals surface area (Å²) < 4.78 is 4.96. The van der Waals surface area contributed by atoms with Gasteiger partial charge in [-0.1, -0.05) is 30.3 Å². The van der Waals surface area contributed by atoms with Gasteiger partial charge in [-0.3, -0.25) is 14.9 Å². The molecule has 19 heavy (non-hydrogen) atoms. The van der Waals surface area contributed by atoms with Crippen molar-refractivity contribution >= 4 is 11.9 Å². The van der Waals surface area contributed by atoms with Gasteiger partial charge in [0.25, 0.3) is 0 Å². The smallest absolute Gasteiger partial charge is 0.323 e. The average molecular weight is 265 g/mol. The summed E-state index contributed by atoms with van der Waals surface area (Å²) in [5.74, 6) is -1.43. The van der Waals surface area contributed by atoms with Crippen LogP contribution in [0.2, 0.25) is 0 Å². The average Bonchev–Trinajstić information content (AvgIpc) is 2.39. The molecule has 104 valence electrons. The van der Waals surface area contributed by atoms with E-state index in [1.165, 1.54) is 6.92 Å². The molecule has 0 saturated heterocycles. The van der Waals surface area contributed by atoms with E-state index >= 15 is 0 Å². The molecular weight excluding hydrogens is 246 g/mol. The molecule has 1 aromatic carbocycles. The zero-order valence-electron chi connectivity index (χ0n) is 11.1. The third kappa shape index (κ3) is 5.09. The van der Waals surface area contributed by atoms with Gasteiger partial charge < -0.3 is 9.84 Å². The first kappa shape index (κ1) is 15.2. The minimum atomic E-state index is -0.998. The van der Waals surface area contributed by atoms with E-state index in [0.717, 1.165) is 5.56 Å². The summed E-state index contributed by atoms with van der Waals surface area (Å²) in [6.07, 6.45) is 0.400. The molecule has 0 aliphatic rings. The highest BCUT2D eigenvalue weighted by molar-refractivity contribution is 5.78. The number of carbonyl (C=O) groups is 2. The predicted octanol–water partition coefficient (Wildman–Crippen LogP) is 1.22. The molecule has 0 aliphatic carbocycles. The van der Waals surface area contributed by atoms with Crippen molar-refractivity contribution in [2.75, 3.05) is 6.61 Å². The van der Waals surface area contributed by atoms with Gasteiger partial charge in [-0.15, -0.1) is 0 Å². The van der Waals surface area contributed by atoms with Crippen molar-refractivity contribution in [2.24, 2.45) is 0 Å². The molecule has 0 fully saturated rings. The van der Waals surface area contributed by atoms with Gasteiger partial charge in [0.05, 0.1) is 6.61 Å². The van der Waals surface area contributed by atoms with Gasteiger partial charge in [0.2, 0.25) is 0 Å². The Labute approximate surface area is 112 Å². The minimum Gasteiger partial charge on any atom is -0.480 e. The Kier molecular flexibility index (Phi) is 6.02. The number of nitrogens with one attached hydrogen (secondary N) is 1. The Bertz CT molecular complexity index is 419. The molecule has 0 spiro atoms. The second-order valence-corrected chi connectivity index (χ2v) is 4.22. The lowest BCUT2D eigenvalue weighted by Gasteiger charge is -2.19. The second kappa shape index (κ2) is 7.53. The van der Waals surface area contributed by atoms with E-state index in [-0.39, 0.29) is 6.61 Å². The van der Waals surface area contributed by atoms with E-state index in [2.05, 4.69) is 5.32 Å². The van der Waals surface area contributed by atoms with Crippen molar-refractivity contribution < 1.29 is 19.4 Å². The summed E-state index contributed by atoms with van der Waals surface area (Å²) in [5.41, 5.74) is 0.950. The number of benzene rings is 1. The van der Waals surface area contributed by atoms with Gasteiger partial charge >= 0.3 is 11.9 Å². The molecule has 1 unspecified atom stereocenters. The predicted molar refractivity (Wildman–Crippen MR) is 70.8 cm³/mol. The zero-order valence-corrected chi connectivity index (χ0v) is 11.1. The summed E-state index contributed by atoms with van der Waals surface area (Å²) in [4.78, 5) is 22.7. The number of hydrogen-bond acceptors (Lipinski definition) is 4. The van der Waals surface area contributed by atoms with Crippen LogP contribution in [0.4, 0.5) is 0 Å². The minimum absolute atomic E-state index is 0.271. The number of rotatable bonds is 7. The molecule has 1 rings (SSSR count). The zero-order chi connectivity index (χ0) is 14.3. The van der Waals surface area contributed by atoms with E-state index in [0.29, 0.717) is 6.42 Å². The van der Waals surface area contributed by atoms with Crippen LogP contribution < -0.4 is 5.32 Å². The number of carboxylic acids is 1. The number of hydrogen-bond donors (Lipinski definition) is 2. The fourth-order valence-corrected chi connectivity index (χ4v) is 1.68. The van der Waals surface area contributed by atoms with Crippen LogP contribution in [0.3, 0.4) is 0 Å². The maximum Gasteiger partial charge on any atom is 0.323 e. The lowest BCUT2D eigenvalue weighted by molar-refractivity contribution is -0.146. The molecule has 0 aliphatic heterocycles. The Balaban J connectivity index is 2.74. The highest BCUT2D eigenvalue weighted by atomic mass is 16.5. The molecule has 0 amide bonds. The normalized spacial score (nSPS) is 13.6. The van der Waals surface area contributed by atoms with Crippen LogP contribution in [0.25, 0.3) is 0 Å². The summed E-state index contributed by atoms with van der Waals surface area (Å²) in [7, 11) is 0. The van der Waals surface area contributed by atoms with Crippen LogP contribution in [0.1, 0.15) is 19.4 Å². The SMILES string of the molecule is CCOC(=O)[C@H](Cc1ccccc1)NC(C)C(=O)O. The Hall–Kier alpha value is -1.88. The molecular formula is C14H19NO4. The number of esters is 1. The van der Waals surface area contributed by atoms with E-state index in [1.54, 1.807) is 6.92 Å². The highest BCUT2D eigenvalue weighted by Crippen LogP contribution is 2.05. The largest absolute Gasteiger partial charge is 0.480 e. The number of aliphatic carboxylic acids is 1. The monoisotopic (exact) mass is 265 g/mol. The van der Waals surface area contributed by atoms with Crippen LogP contribution in [-0.4, -0.2) is 35.7 Å². The highest BCUT2D eigenvalue weighted by Gasteiger charge is 2.24. The molecule has 1 aromatic rings. The van der Waals surface area contributed by atoms with Crippen molar-refractivity contribution in [3.05, 3.63) is 35.9 Å². The van der Waals surface area contributed by atoms with Crippen LogP contribution >= 0.6 is 0 Å². The van der Waals surface area contributed by atoms with Gasteiger partial charge in [-0.05, 0) is 25.8 Å². The van der Waals surface area contributed by atoms with Crippen molar-refractivity contribution in [3.8, 4) is 0 Å². The van der Waals surface area contributed by atoms with Gasteiger partial charge in [-0.2, -0.15) is 0 Å². The van der Waals surface area contributed by atoms with Crippen LogP contribution in [0.15, 0.2) is 30.3 Å². The van der Waals surface area contributed by atoms with E-state index < -0.39 is 24.0 Å². The van der Waals surface area contributed by atoms with Gasteiger partial charge in [-0.25, -0.2) is 0 Å². The van der Waals surface area contributed by atoms with Crippen LogP contribution in [0.5, 0.6) is 0 Å². The van der Waals surface area contributed by atoms with Gasteiger partial charge in [0.1, 0.15) is 12.1 Å². The molecule has 2 N–H and O–H groups in total. The molecule has 0 saturated carbocycles. The third-order valence-electron chi connectivity index (χ3n) is 2.68. The molecule has 5 heteroatoms. The Morgan fingerprint density at radius 1 is 1.32 bits per heavy atom. The fourth-order valence-electron chi connectivity index (χ4n) is 1.68. The molecule has 0 aromatic heterocycles. The van der Waals surface area contributed by atoms with Crippen molar-refractivity contribution in [2.45, 2.75) is 32.4 Å². The van der Waals surface area contributed by atoms with Crippen molar-refractivity contribution in [1.29, 1.82) is 0 Å². The first-order valence-electron chi connectivity index (χ1n) is 6.24. The molecule has 0 radical (unpaired) electrons. The van der Waals surface area contributed by atoms with Gasteiger partial charge in [0.15, 0.2) is 0 Å². The number of ether oxygens (including phenoxy) is 1. The first-order chi connectivity index (χ1) is 9.04. The standard InChI is InChI=1S/C14H19NO4/c1-3-19-14(18)12(15-10(2)13(16)17)9-11-7-5-4-6-8-11/h4-8,10,12,15H,3,9H2,1-2H3,(H,16,17)/t10?,12-/m0/s1. The maximum absolute atomic E-state index is 11.8. The quantitative estimate of drug-likeness (QED) is 0.725. The topological polar surface area (TPSA) is 75.6 Å². The Morgan fingerprint density at radius 3 is 2.47 bits per heavy atom. The molecule has 5 nitrogen and oxygen atoms in total. The Morgan fingerprint density at radius 2 is 1.95 bits per heavy atom. The lowest BCUT2D eigenvalue weighted by Crippen LogP contribution is -2.47. The number of carbonyl (C=O) groups excluding carboxylic acids is 1. The summed E-state index contributed by atoms with van der Waals surface area (Å²) in [6, 6.07) is 7.94. The summed E-state index contributed by atoms with van der Waals surface area (Å²) >= 11 is 0. The van der Waals surface area contributed by atoms with E-state index in [4.69, 9.17) is 9.84 Å². The van der Waals surface area contributed by atoms with Crippen molar-refractivity contribution in [1.82, 2.24) is 5.32 Å². The molecule has 2 atom stereocenters. The maximum atomic E-state index is 11.8.